The van der Waals surface area contributed by atoms with Crippen molar-refractivity contribution in [2.75, 3.05) is 33.9 Å². The van der Waals surface area contributed by atoms with Gasteiger partial charge in [-0.3, -0.25) is 0 Å². The van der Waals surface area contributed by atoms with Crippen LogP contribution in [-0.4, -0.2) is 44.8 Å². The van der Waals surface area contributed by atoms with Gasteiger partial charge in [-0.05, 0) is 23.3 Å². The smallest absolute Gasteiger partial charge is 0.317 e. The van der Waals surface area contributed by atoms with Crippen LogP contribution in [0.4, 0.5) is 4.79 Å². The summed E-state index contributed by atoms with van der Waals surface area (Å²) in [7, 11) is 3.13. The standard InChI is InChI=1S/C15H17N3O3/c1-20-13-4-3-11(9-14(13)21-2)12(5-6-16)10-18-8-7-17-15(18)19/h3-5,9H,7-8,10H2,1-2H3,(H,17,19). The molecule has 1 aromatic rings. The third-order valence-electron chi connectivity index (χ3n) is 3.30. The van der Waals surface area contributed by atoms with Crippen molar-refractivity contribution in [3.63, 3.8) is 0 Å². The first kappa shape index (κ1) is 14.7. The Morgan fingerprint density at radius 3 is 2.76 bits per heavy atom. The number of nitriles is 1. The lowest BCUT2D eigenvalue weighted by Gasteiger charge is -2.17. The maximum atomic E-state index is 11.6. The largest absolute Gasteiger partial charge is 0.493 e. The van der Waals surface area contributed by atoms with E-state index in [-0.39, 0.29) is 6.03 Å². The average molecular weight is 287 g/mol. The predicted octanol–water partition coefficient (Wildman–Crippen LogP) is 1.64. The molecular weight excluding hydrogens is 270 g/mol. The number of methoxy groups -OCH3 is 2. The number of hydrogen-bond acceptors (Lipinski definition) is 4. The number of nitrogens with zero attached hydrogens (tertiary/aromatic N) is 2. The zero-order valence-corrected chi connectivity index (χ0v) is 12.0. The van der Waals surface area contributed by atoms with Gasteiger partial charge in [-0.15, -0.1) is 0 Å². The molecule has 1 saturated heterocycles. The number of carbonyl (C=O) groups excluding carboxylic acids is 1. The van der Waals surface area contributed by atoms with Crippen LogP contribution in [-0.2, 0) is 0 Å². The number of ether oxygens (including phenoxy) is 2. The third-order valence-corrected chi connectivity index (χ3v) is 3.30. The lowest BCUT2D eigenvalue weighted by atomic mass is 10.0. The van der Waals surface area contributed by atoms with E-state index >= 15 is 0 Å². The Hall–Kier alpha value is -2.68. The zero-order valence-electron chi connectivity index (χ0n) is 12.0. The molecule has 6 heteroatoms. The molecular formula is C15H17N3O3. The first-order valence-electron chi connectivity index (χ1n) is 6.53. The molecule has 110 valence electrons. The lowest BCUT2D eigenvalue weighted by Crippen LogP contribution is -2.29. The average Bonchev–Trinajstić information content (AvgIpc) is 2.91. The number of rotatable bonds is 5. The van der Waals surface area contributed by atoms with Gasteiger partial charge in [-0.25, -0.2) is 4.79 Å². The highest BCUT2D eigenvalue weighted by atomic mass is 16.5. The van der Waals surface area contributed by atoms with Crippen molar-refractivity contribution in [2.24, 2.45) is 0 Å². The summed E-state index contributed by atoms with van der Waals surface area (Å²) in [5.74, 6) is 1.21. The van der Waals surface area contributed by atoms with Crippen LogP contribution in [0.3, 0.4) is 0 Å². The van der Waals surface area contributed by atoms with Crippen molar-refractivity contribution in [3.05, 3.63) is 29.8 Å². The van der Waals surface area contributed by atoms with Gasteiger partial charge in [0.2, 0.25) is 0 Å². The van der Waals surface area contributed by atoms with Gasteiger partial charge in [-0.2, -0.15) is 5.26 Å². The number of urea groups is 1. The summed E-state index contributed by atoms with van der Waals surface area (Å²) in [6.07, 6.45) is 1.45. The van der Waals surface area contributed by atoms with Gasteiger partial charge >= 0.3 is 6.03 Å². The van der Waals surface area contributed by atoms with E-state index in [0.717, 1.165) is 11.1 Å². The second kappa shape index (κ2) is 6.66. The van der Waals surface area contributed by atoms with Crippen molar-refractivity contribution in [1.29, 1.82) is 5.26 Å². The first-order valence-corrected chi connectivity index (χ1v) is 6.53. The number of benzene rings is 1. The minimum absolute atomic E-state index is 0.112. The molecule has 1 N–H and O–H groups in total. The number of allylic oxidation sites excluding steroid dienone is 1. The van der Waals surface area contributed by atoms with Crippen LogP contribution in [0.2, 0.25) is 0 Å². The normalized spacial score (nSPS) is 14.6. The number of carbonyl (C=O) groups is 1. The molecule has 0 saturated carbocycles. The summed E-state index contributed by atoms with van der Waals surface area (Å²) >= 11 is 0. The summed E-state index contributed by atoms with van der Waals surface area (Å²) in [5, 5.41) is 11.7. The molecule has 0 aromatic heterocycles. The minimum atomic E-state index is -0.112. The Kier molecular flexibility index (Phi) is 4.67. The molecule has 21 heavy (non-hydrogen) atoms. The van der Waals surface area contributed by atoms with E-state index in [4.69, 9.17) is 14.7 Å². The Bertz CT molecular complexity index is 605. The van der Waals surface area contributed by atoms with E-state index in [1.807, 2.05) is 12.1 Å². The molecule has 0 radical (unpaired) electrons. The molecule has 2 rings (SSSR count). The molecule has 0 spiro atoms. The van der Waals surface area contributed by atoms with Crippen molar-refractivity contribution >= 4 is 11.6 Å². The van der Waals surface area contributed by atoms with E-state index in [2.05, 4.69) is 5.32 Å². The Balaban J connectivity index is 2.28. The van der Waals surface area contributed by atoms with Crippen molar-refractivity contribution in [2.45, 2.75) is 0 Å². The van der Waals surface area contributed by atoms with Gasteiger partial charge in [0.1, 0.15) is 0 Å². The quantitative estimate of drug-likeness (QED) is 0.835. The molecule has 2 amide bonds. The monoisotopic (exact) mass is 287 g/mol. The summed E-state index contributed by atoms with van der Waals surface area (Å²) in [6.45, 7) is 1.65. The highest BCUT2D eigenvalue weighted by Gasteiger charge is 2.21. The van der Waals surface area contributed by atoms with E-state index in [1.54, 1.807) is 31.3 Å². The Morgan fingerprint density at radius 1 is 1.43 bits per heavy atom. The fraction of sp³-hybridized carbons (Fsp3) is 0.333. The molecule has 1 aromatic carbocycles. The maximum Gasteiger partial charge on any atom is 0.317 e. The van der Waals surface area contributed by atoms with Crippen LogP contribution in [0.15, 0.2) is 24.3 Å². The number of nitrogens with one attached hydrogen (secondary N) is 1. The molecule has 1 fully saturated rings. The first-order chi connectivity index (χ1) is 10.2. The lowest BCUT2D eigenvalue weighted by molar-refractivity contribution is 0.222. The van der Waals surface area contributed by atoms with E-state index in [9.17, 15) is 4.79 Å². The molecule has 0 unspecified atom stereocenters. The van der Waals surface area contributed by atoms with Crippen molar-refractivity contribution < 1.29 is 14.3 Å². The summed E-state index contributed by atoms with van der Waals surface area (Å²) < 4.78 is 10.5. The second-order valence-corrected chi connectivity index (χ2v) is 4.52. The fourth-order valence-corrected chi connectivity index (χ4v) is 2.20. The van der Waals surface area contributed by atoms with Gasteiger partial charge in [0, 0.05) is 25.7 Å². The van der Waals surface area contributed by atoms with E-state index in [1.165, 1.54) is 6.08 Å². The van der Waals surface area contributed by atoms with E-state index in [0.29, 0.717) is 31.1 Å². The van der Waals surface area contributed by atoms with Crippen molar-refractivity contribution in [3.8, 4) is 17.6 Å². The second-order valence-electron chi connectivity index (χ2n) is 4.52. The van der Waals surface area contributed by atoms with Crippen LogP contribution < -0.4 is 14.8 Å². The fourth-order valence-electron chi connectivity index (χ4n) is 2.20. The molecule has 1 aliphatic heterocycles. The molecule has 0 bridgehead atoms. The van der Waals surface area contributed by atoms with E-state index < -0.39 is 0 Å². The highest BCUT2D eigenvalue weighted by molar-refractivity contribution is 5.80. The summed E-state index contributed by atoms with van der Waals surface area (Å²) in [6, 6.07) is 7.35. The van der Waals surface area contributed by atoms with Crippen LogP contribution >= 0.6 is 0 Å². The summed E-state index contributed by atoms with van der Waals surface area (Å²) in [4.78, 5) is 13.3. The van der Waals surface area contributed by atoms with Crippen LogP contribution in [0.1, 0.15) is 5.56 Å². The van der Waals surface area contributed by atoms with Crippen LogP contribution in [0.5, 0.6) is 11.5 Å². The molecule has 0 atom stereocenters. The molecule has 1 aliphatic rings. The SMILES string of the molecule is COc1ccc(C(=CC#N)CN2CCNC2=O)cc1OC. The summed E-state index contributed by atoms with van der Waals surface area (Å²) in [5.41, 5.74) is 1.59. The number of amides is 2. The molecule has 1 heterocycles. The predicted molar refractivity (Wildman–Crippen MR) is 78.1 cm³/mol. The van der Waals surface area contributed by atoms with Gasteiger partial charge in [0.05, 0.1) is 20.3 Å². The zero-order chi connectivity index (χ0) is 15.2. The Labute approximate surface area is 123 Å². The van der Waals surface area contributed by atoms with Crippen molar-refractivity contribution in [1.82, 2.24) is 10.2 Å². The van der Waals surface area contributed by atoms with Crippen LogP contribution in [0.25, 0.3) is 5.57 Å². The molecule has 6 nitrogen and oxygen atoms in total. The van der Waals surface area contributed by atoms with Gasteiger partial charge in [0.15, 0.2) is 11.5 Å². The topological polar surface area (TPSA) is 74.6 Å². The highest BCUT2D eigenvalue weighted by Crippen LogP contribution is 2.30. The van der Waals surface area contributed by atoms with Crippen LogP contribution in [0, 0.1) is 11.3 Å². The van der Waals surface area contributed by atoms with Gasteiger partial charge < -0.3 is 19.7 Å². The maximum absolute atomic E-state index is 11.6. The Morgan fingerprint density at radius 2 is 2.19 bits per heavy atom. The van der Waals surface area contributed by atoms with Gasteiger partial charge in [-0.1, -0.05) is 6.07 Å². The minimum Gasteiger partial charge on any atom is -0.493 e. The molecule has 0 aliphatic carbocycles. The number of hydrogen-bond donors (Lipinski definition) is 1. The third kappa shape index (κ3) is 3.26. The van der Waals surface area contributed by atoms with Gasteiger partial charge in [0.25, 0.3) is 0 Å².